The fourth-order valence-electron chi connectivity index (χ4n) is 2.01. The molecule has 0 radical (unpaired) electrons. The molecule has 76 valence electrons. The van der Waals surface area contributed by atoms with Gasteiger partial charge in [0, 0.05) is 25.8 Å². The van der Waals surface area contributed by atoms with Gasteiger partial charge in [-0.25, -0.2) is 4.98 Å². The van der Waals surface area contributed by atoms with Crippen LogP contribution in [0, 0.1) is 5.92 Å². The molecule has 14 heavy (non-hydrogen) atoms. The molecule has 1 aliphatic rings. The van der Waals surface area contributed by atoms with E-state index in [4.69, 9.17) is 0 Å². The predicted octanol–water partition coefficient (Wildman–Crippen LogP) is 1.29. The summed E-state index contributed by atoms with van der Waals surface area (Å²) < 4.78 is 1.70. The van der Waals surface area contributed by atoms with E-state index in [-0.39, 0.29) is 5.92 Å². The van der Waals surface area contributed by atoms with Crippen molar-refractivity contribution in [2.75, 3.05) is 0 Å². The highest BCUT2D eigenvalue weighted by molar-refractivity contribution is 5.80. The van der Waals surface area contributed by atoms with E-state index >= 15 is 0 Å². The molecule has 1 heterocycles. The molecular formula is C10H15N3O. The number of carbonyl (C=O) groups is 1. The van der Waals surface area contributed by atoms with E-state index in [2.05, 4.69) is 17.0 Å². The Labute approximate surface area is 83.3 Å². The van der Waals surface area contributed by atoms with Crippen molar-refractivity contribution in [1.82, 2.24) is 14.8 Å². The molecule has 2 unspecified atom stereocenters. The second kappa shape index (κ2) is 3.52. The lowest BCUT2D eigenvalue weighted by Crippen LogP contribution is -2.22. The summed E-state index contributed by atoms with van der Waals surface area (Å²) in [6.07, 6.45) is 4.01. The third kappa shape index (κ3) is 1.69. The van der Waals surface area contributed by atoms with Crippen LogP contribution in [0.1, 0.15) is 37.9 Å². The van der Waals surface area contributed by atoms with Crippen molar-refractivity contribution in [3.8, 4) is 0 Å². The van der Waals surface area contributed by atoms with E-state index in [0.29, 0.717) is 18.1 Å². The van der Waals surface area contributed by atoms with Crippen LogP contribution in [-0.4, -0.2) is 20.5 Å². The Balaban J connectivity index is 2.19. The van der Waals surface area contributed by atoms with Crippen LogP contribution in [0.5, 0.6) is 0 Å². The largest absolute Gasteiger partial charge is 0.300 e. The van der Waals surface area contributed by atoms with Crippen LogP contribution in [0.3, 0.4) is 0 Å². The summed E-state index contributed by atoms with van der Waals surface area (Å²) in [5.74, 6) is 1.93. The molecule has 1 aromatic heterocycles. The first kappa shape index (κ1) is 9.37. The third-order valence-corrected chi connectivity index (χ3v) is 2.96. The maximum atomic E-state index is 11.3. The van der Waals surface area contributed by atoms with Crippen LogP contribution < -0.4 is 0 Å². The lowest BCUT2D eigenvalue weighted by atomic mass is 9.79. The Kier molecular flexibility index (Phi) is 2.35. The lowest BCUT2D eigenvalue weighted by molar-refractivity contribution is -0.121. The molecule has 1 saturated carbocycles. The number of nitrogens with zero attached hydrogens (tertiary/aromatic N) is 3. The van der Waals surface area contributed by atoms with Crippen LogP contribution in [0.15, 0.2) is 6.33 Å². The van der Waals surface area contributed by atoms with Crippen molar-refractivity contribution in [2.24, 2.45) is 13.0 Å². The van der Waals surface area contributed by atoms with Gasteiger partial charge in [0.15, 0.2) is 5.82 Å². The molecule has 0 aliphatic heterocycles. The molecule has 2 rings (SSSR count). The smallest absolute Gasteiger partial charge is 0.154 e. The van der Waals surface area contributed by atoms with Gasteiger partial charge in [-0.15, -0.1) is 0 Å². The average molecular weight is 193 g/mol. The molecule has 2 atom stereocenters. The summed E-state index contributed by atoms with van der Waals surface area (Å²) in [7, 11) is 1.85. The standard InChI is InChI=1S/C10H15N3O/c1-7-3-4-8(14)5-9(7)10-11-6-13(2)12-10/h6-7,9H,3-5H2,1-2H3. The molecule has 0 aromatic carbocycles. The van der Waals surface area contributed by atoms with Crippen LogP contribution >= 0.6 is 0 Å². The number of ketones is 1. The van der Waals surface area contributed by atoms with Gasteiger partial charge in [0.2, 0.25) is 0 Å². The zero-order valence-electron chi connectivity index (χ0n) is 8.60. The second-order valence-corrected chi connectivity index (χ2v) is 4.14. The molecule has 0 N–H and O–H groups in total. The minimum absolute atomic E-state index is 0.234. The van der Waals surface area contributed by atoms with Crippen molar-refractivity contribution < 1.29 is 4.79 Å². The lowest BCUT2D eigenvalue weighted by Gasteiger charge is -2.25. The second-order valence-electron chi connectivity index (χ2n) is 4.14. The van der Waals surface area contributed by atoms with Crippen molar-refractivity contribution in [2.45, 2.75) is 32.1 Å². The monoisotopic (exact) mass is 193 g/mol. The van der Waals surface area contributed by atoms with Gasteiger partial charge in [0.1, 0.15) is 12.1 Å². The fourth-order valence-corrected chi connectivity index (χ4v) is 2.01. The molecule has 4 nitrogen and oxygen atoms in total. The molecule has 0 spiro atoms. The molecule has 1 fully saturated rings. The minimum atomic E-state index is 0.234. The molecular weight excluding hydrogens is 178 g/mol. The van der Waals surface area contributed by atoms with Crippen molar-refractivity contribution in [3.05, 3.63) is 12.2 Å². The Morgan fingerprint density at radius 1 is 1.57 bits per heavy atom. The number of aryl methyl sites for hydroxylation is 1. The van der Waals surface area contributed by atoms with Gasteiger partial charge < -0.3 is 0 Å². The van der Waals surface area contributed by atoms with E-state index in [1.54, 1.807) is 11.0 Å². The molecule has 0 amide bonds. The van der Waals surface area contributed by atoms with Crippen LogP contribution in [0.2, 0.25) is 0 Å². The first-order valence-corrected chi connectivity index (χ1v) is 5.04. The number of hydrogen-bond acceptors (Lipinski definition) is 3. The van der Waals surface area contributed by atoms with Gasteiger partial charge in [0.25, 0.3) is 0 Å². The summed E-state index contributed by atoms with van der Waals surface area (Å²) in [4.78, 5) is 15.6. The predicted molar refractivity (Wildman–Crippen MR) is 51.8 cm³/mol. The van der Waals surface area contributed by atoms with E-state index in [0.717, 1.165) is 18.7 Å². The number of aromatic nitrogens is 3. The van der Waals surface area contributed by atoms with Crippen molar-refractivity contribution in [1.29, 1.82) is 0 Å². The van der Waals surface area contributed by atoms with Crippen molar-refractivity contribution >= 4 is 5.78 Å². The minimum Gasteiger partial charge on any atom is -0.300 e. The van der Waals surface area contributed by atoms with Gasteiger partial charge in [-0.3, -0.25) is 9.48 Å². The summed E-state index contributed by atoms with van der Waals surface area (Å²) in [5, 5.41) is 4.27. The number of carbonyl (C=O) groups excluding carboxylic acids is 1. The highest BCUT2D eigenvalue weighted by Crippen LogP contribution is 2.33. The van der Waals surface area contributed by atoms with Crippen molar-refractivity contribution in [3.63, 3.8) is 0 Å². The maximum Gasteiger partial charge on any atom is 0.154 e. The first-order valence-electron chi connectivity index (χ1n) is 5.04. The first-order chi connectivity index (χ1) is 6.66. The topological polar surface area (TPSA) is 47.8 Å². The molecule has 1 aromatic rings. The fraction of sp³-hybridized carbons (Fsp3) is 0.700. The van der Waals surface area contributed by atoms with Crippen LogP contribution in [0.4, 0.5) is 0 Å². The van der Waals surface area contributed by atoms with Gasteiger partial charge in [-0.1, -0.05) is 6.92 Å². The van der Waals surface area contributed by atoms with Gasteiger partial charge in [0.05, 0.1) is 0 Å². The quantitative estimate of drug-likeness (QED) is 0.675. The SMILES string of the molecule is CC1CCC(=O)CC1c1ncn(C)n1. The number of Topliss-reactive ketones (excluding diaryl/α,β-unsaturated/α-hetero) is 1. The van der Waals surface area contributed by atoms with E-state index in [9.17, 15) is 4.79 Å². The summed E-state index contributed by atoms with van der Waals surface area (Å²) in [6.45, 7) is 2.17. The maximum absolute atomic E-state index is 11.3. The van der Waals surface area contributed by atoms with Gasteiger partial charge >= 0.3 is 0 Å². The Morgan fingerprint density at radius 3 is 3.00 bits per heavy atom. The van der Waals surface area contributed by atoms with Gasteiger partial charge in [-0.05, 0) is 12.3 Å². The zero-order chi connectivity index (χ0) is 10.1. The molecule has 0 saturated heterocycles. The Bertz CT molecular complexity index is 345. The van der Waals surface area contributed by atoms with E-state index in [1.807, 2.05) is 7.05 Å². The van der Waals surface area contributed by atoms with E-state index in [1.165, 1.54) is 0 Å². The molecule has 1 aliphatic carbocycles. The summed E-state index contributed by atoms with van der Waals surface area (Å²) in [6, 6.07) is 0. The van der Waals surface area contributed by atoms with Gasteiger partial charge in [-0.2, -0.15) is 5.10 Å². The molecule has 4 heteroatoms. The van der Waals surface area contributed by atoms with E-state index < -0.39 is 0 Å². The van der Waals surface area contributed by atoms with Crippen LogP contribution in [0.25, 0.3) is 0 Å². The average Bonchev–Trinajstić information content (AvgIpc) is 2.56. The number of rotatable bonds is 1. The summed E-state index contributed by atoms with van der Waals surface area (Å²) >= 11 is 0. The highest BCUT2D eigenvalue weighted by atomic mass is 16.1. The normalized spacial score (nSPS) is 28.0. The Hall–Kier alpha value is -1.19. The highest BCUT2D eigenvalue weighted by Gasteiger charge is 2.29. The summed E-state index contributed by atoms with van der Waals surface area (Å²) in [5.41, 5.74) is 0. The molecule has 0 bridgehead atoms. The zero-order valence-corrected chi connectivity index (χ0v) is 8.60. The number of hydrogen-bond donors (Lipinski definition) is 0. The van der Waals surface area contributed by atoms with Crippen LogP contribution in [-0.2, 0) is 11.8 Å². The third-order valence-electron chi connectivity index (χ3n) is 2.96. The Morgan fingerprint density at radius 2 is 2.36 bits per heavy atom.